The van der Waals surface area contributed by atoms with Gasteiger partial charge >= 0.3 is 0 Å². The van der Waals surface area contributed by atoms with E-state index in [1.54, 1.807) is 24.3 Å². The second-order valence-corrected chi connectivity index (χ2v) is 5.30. The number of amides is 1. The number of halogens is 1. The van der Waals surface area contributed by atoms with Crippen LogP contribution in [0, 0.1) is 0 Å². The standard InChI is InChI=1S/C15H13ClN2O2/c16-9-1-4-14(19)8(5-9)6-12-11-3-2-10(17)7-13(11)18-15(12)20/h1-5,7,12,19H,6,17H2,(H,18,20). The minimum absolute atomic E-state index is 0.0926. The van der Waals surface area contributed by atoms with Gasteiger partial charge in [-0.1, -0.05) is 17.7 Å². The maximum absolute atomic E-state index is 12.1. The van der Waals surface area contributed by atoms with Gasteiger partial charge in [-0.05, 0) is 47.9 Å². The molecule has 0 aromatic heterocycles. The molecule has 0 fully saturated rings. The third-order valence-corrected chi connectivity index (χ3v) is 3.73. The fourth-order valence-electron chi connectivity index (χ4n) is 2.49. The fraction of sp³-hybridized carbons (Fsp3) is 0.133. The van der Waals surface area contributed by atoms with E-state index in [4.69, 9.17) is 17.3 Å². The first-order valence-electron chi connectivity index (χ1n) is 6.22. The summed E-state index contributed by atoms with van der Waals surface area (Å²) in [5.41, 5.74) is 8.60. The van der Waals surface area contributed by atoms with Crippen molar-refractivity contribution in [2.24, 2.45) is 0 Å². The number of hydrogen-bond donors (Lipinski definition) is 3. The topological polar surface area (TPSA) is 75.3 Å². The number of benzene rings is 2. The van der Waals surface area contributed by atoms with E-state index in [9.17, 15) is 9.90 Å². The number of anilines is 2. The van der Waals surface area contributed by atoms with Gasteiger partial charge in [0.2, 0.25) is 5.91 Å². The summed E-state index contributed by atoms with van der Waals surface area (Å²) in [7, 11) is 0. The summed E-state index contributed by atoms with van der Waals surface area (Å²) in [4.78, 5) is 12.1. The number of phenols is 1. The van der Waals surface area contributed by atoms with Crippen LogP contribution < -0.4 is 11.1 Å². The molecule has 4 N–H and O–H groups in total. The number of phenolic OH excluding ortho intramolecular Hbond substituents is 1. The monoisotopic (exact) mass is 288 g/mol. The highest BCUT2D eigenvalue weighted by molar-refractivity contribution is 6.30. The fourth-order valence-corrected chi connectivity index (χ4v) is 2.68. The van der Waals surface area contributed by atoms with E-state index in [1.807, 2.05) is 6.07 Å². The number of fused-ring (bicyclic) bond motifs is 1. The molecular weight excluding hydrogens is 276 g/mol. The van der Waals surface area contributed by atoms with Crippen LogP contribution in [0.25, 0.3) is 0 Å². The molecule has 1 aliphatic rings. The number of nitrogen functional groups attached to an aromatic ring is 1. The molecule has 4 nitrogen and oxygen atoms in total. The lowest BCUT2D eigenvalue weighted by Crippen LogP contribution is -2.14. The second-order valence-electron chi connectivity index (χ2n) is 4.87. The predicted molar refractivity (Wildman–Crippen MR) is 79.0 cm³/mol. The summed E-state index contributed by atoms with van der Waals surface area (Å²) >= 11 is 5.93. The van der Waals surface area contributed by atoms with Crippen LogP contribution >= 0.6 is 11.6 Å². The van der Waals surface area contributed by atoms with E-state index in [2.05, 4.69) is 5.32 Å². The van der Waals surface area contributed by atoms with E-state index >= 15 is 0 Å². The van der Waals surface area contributed by atoms with Crippen molar-refractivity contribution in [1.82, 2.24) is 0 Å². The highest BCUT2D eigenvalue weighted by Crippen LogP contribution is 2.37. The molecule has 5 heteroatoms. The number of nitrogens with two attached hydrogens (primary N) is 1. The van der Waals surface area contributed by atoms with E-state index in [0.29, 0.717) is 22.7 Å². The number of rotatable bonds is 2. The zero-order valence-electron chi connectivity index (χ0n) is 10.6. The highest BCUT2D eigenvalue weighted by Gasteiger charge is 2.31. The Balaban J connectivity index is 1.96. The molecule has 102 valence electrons. The molecule has 0 bridgehead atoms. The largest absolute Gasteiger partial charge is 0.508 e. The van der Waals surface area contributed by atoms with Gasteiger partial charge in [-0.2, -0.15) is 0 Å². The molecule has 0 aliphatic carbocycles. The molecule has 1 heterocycles. The smallest absolute Gasteiger partial charge is 0.232 e. The van der Waals surface area contributed by atoms with Crippen molar-refractivity contribution in [2.45, 2.75) is 12.3 Å². The van der Waals surface area contributed by atoms with E-state index in [-0.39, 0.29) is 17.6 Å². The molecule has 1 unspecified atom stereocenters. The number of nitrogens with one attached hydrogen (secondary N) is 1. The van der Waals surface area contributed by atoms with Crippen molar-refractivity contribution < 1.29 is 9.90 Å². The maximum Gasteiger partial charge on any atom is 0.232 e. The summed E-state index contributed by atoms with van der Waals surface area (Å²) in [5, 5.41) is 13.2. The molecule has 2 aromatic carbocycles. The molecule has 3 rings (SSSR count). The lowest BCUT2D eigenvalue weighted by molar-refractivity contribution is -0.117. The zero-order valence-corrected chi connectivity index (χ0v) is 11.3. The van der Waals surface area contributed by atoms with Crippen LogP contribution in [0.1, 0.15) is 17.0 Å². The first-order chi connectivity index (χ1) is 9.54. The van der Waals surface area contributed by atoms with Gasteiger partial charge in [0, 0.05) is 16.4 Å². The first-order valence-corrected chi connectivity index (χ1v) is 6.60. The normalized spacial score (nSPS) is 16.9. The molecular formula is C15H13ClN2O2. The number of hydrogen-bond acceptors (Lipinski definition) is 3. The number of aromatic hydroxyl groups is 1. The van der Waals surface area contributed by atoms with Crippen LogP contribution in [0.4, 0.5) is 11.4 Å². The maximum atomic E-state index is 12.1. The first kappa shape index (κ1) is 12.8. The Morgan fingerprint density at radius 3 is 2.85 bits per heavy atom. The summed E-state index contributed by atoms with van der Waals surface area (Å²) in [6.07, 6.45) is 0.398. The van der Waals surface area contributed by atoms with Crippen LogP contribution in [0.15, 0.2) is 36.4 Å². The van der Waals surface area contributed by atoms with Crippen LogP contribution in [-0.2, 0) is 11.2 Å². The molecule has 20 heavy (non-hydrogen) atoms. The number of carbonyl (C=O) groups is 1. The Labute approximate surface area is 121 Å². The summed E-state index contributed by atoms with van der Waals surface area (Å²) in [6.45, 7) is 0. The van der Waals surface area contributed by atoms with Crippen molar-refractivity contribution in [2.75, 3.05) is 11.1 Å². The number of carbonyl (C=O) groups excluding carboxylic acids is 1. The molecule has 1 amide bonds. The van der Waals surface area contributed by atoms with E-state index in [1.165, 1.54) is 6.07 Å². The minimum atomic E-state index is -0.338. The van der Waals surface area contributed by atoms with Gasteiger partial charge in [0.1, 0.15) is 5.75 Å². The second kappa shape index (κ2) is 4.72. The van der Waals surface area contributed by atoms with Crippen LogP contribution in [0.3, 0.4) is 0 Å². The van der Waals surface area contributed by atoms with Gasteiger partial charge in [-0.15, -0.1) is 0 Å². The highest BCUT2D eigenvalue weighted by atomic mass is 35.5. The Hall–Kier alpha value is -2.20. The van der Waals surface area contributed by atoms with Gasteiger partial charge in [0.05, 0.1) is 5.92 Å². The molecule has 2 aromatic rings. The van der Waals surface area contributed by atoms with Crippen molar-refractivity contribution in [3.05, 3.63) is 52.5 Å². The molecule has 0 radical (unpaired) electrons. The van der Waals surface area contributed by atoms with Crippen LogP contribution in [-0.4, -0.2) is 11.0 Å². The van der Waals surface area contributed by atoms with E-state index in [0.717, 1.165) is 11.3 Å². The summed E-state index contributed by atoms with van der Waals surface area (Å²) in [5.74, 6) is -0.286. The average molecular weight is 289 g/mol. The van der Waals surface area contributed by atoms with Crippen LogP contribution in [0.2, 0.25) is 5.02 Å². The Morgan fingerprint density at radius 1 is 1.25 bits per heavy atom. The molecule has 0 saturated heterocycles. The van der Waals surface area contributed by atoms with Crippen molar-refractivity contribution in [1.29, 1.82) is 0 Å². The Morgan fingerprint density at radius 2 is 2.05 bits per heavy atom. The predicted octanol–water partition coefficient (Wildman–Crippen LogP) is 2.91. The van der Waals surface area contributed by atoms with Crippen molar-refractivity contribution in [3.8, 4) is 5.75 Å². The zero-order chi connectivity index (χ0) is 14.3. The third kappa shape index (κ3) is 2.18. The Kier molecular flexibility index (Phi) is 3.03. The molecule has 0 spiro atoms. The quantitative estimate of drug-likeness (QED) is 0.744. The molecule has 1 aliphatic heterocycles. The van der Waals surface area contributed by atoms with Crippen LogP contribution in [0.5, 0.6) is 5.75 Å². The lowest BCUT2D eigenvalue weighted by Gasteiger charge is -2.11. The van der Waals surface area contributed by atoms with E-state index < -0.39 is 0 Å². The minimum Gasteiger partial charge on any atom is -0.508 e. The molecule has 0 saturated carbocycles. The van der Waals surface area contributed by atoms with Gasteiger partial charge < -0.3 is 16.2 Å². The lowest BCUT2D eigenvalue weighted by atomic mass is 9.92. The summed E-state index contributed by atoms with van der Waals surface area (Å²) in [6, 6.07) is 10.2. The molecule has 1 atom stereocenters. The van der Waals surface area contributed by atoms with Crippen molar-refractivity contribution >= 4 is 28.9 Å². The van der Waals surface area contributed by atoms with Gasteiger partial charge in [-0.3, -0.25) is 4.79 Å². The SMILES string of the molecule is Nc1ccc2c(c1)NC(=O)C2Cc1cc(Cl)ccc1O. The van der Waals surface area contributed by atoms with Crippen molar-refractivity contribution in [3.63, 3.8) is 0 Å². The average Bonchev–Trinajstić information content (AvgIpc) is 2.69. The summed E-state index contributed by atoms with van der Waals surface area (Å²) < 4.78 is 0. The van der Waals surface area contributed by atoms with Gasteiger partial charge in [0.15, 0.2) is 0 Å². The van der Waals surface area contributed by atoms with Gasteiger partial charge in [-0.25, -0.2) is 0 Å². The third-order valence-electron chi connectivity index (χ3n) is 3.49. The van der Waals surface area contributed by atoms with Gasteiger partial charge in [0.25, 0.3) is 0 Å². The Bertz CT molecular complexity index is 700.